The summed E-state index contributed by atoms with van der Waals surface area (Å²) in [5.41, 5.74) is 2.25. The fraction of sp³-hybridized carbons (Fsp3) is 0.407. The third-order valence-corrected chi connectivity index (χ3v) is 6.72. The van der Waals surface area contributed by atoms with Crippen LogP contribution in [-0.4, -0.2) is 59.4 Å². The molecule has 1 fully saturated rings. The van der Waals surface area contributed by atoms with Crippen LogP contribution in [0.4, 0.5) is 0 Å². The van der Waals surface area contributed by atoms with Crippen LogP contribution < -0.4 is 4.74 Å². The van der Waals surface area contributed by atoms with Gasteiger partial charge in [-0.15, -0.1) is 0 Å². The summed E-state index contributed by atoms with van der Waals surface area (Å²) in [4.78, 5) is 30.1. The molecule has 0 bridgehead atoms. The molecule has 1 aliphatic heterocycles. The molecule has 0 aliphatic carbocycles. The van der Waals surface area contributed by atoms with Gasteiger partial charge in [0.2, 0.25) is 0 Å². The van der Waals surface area contributed by atoms with Gasteiger partial charge in [0, 0.05) is 23.1 Å². The van der Waals surface area contributed by atoms with Crippen molar-refractivity contribution in [2.45, 2.75) is 40.2 Å². The molecule has 1 atom stereocenters. The van der Waals surface area contributed by atoms with Crippen LogP contribution in [0.1, 0.15) is 49.9 Å². The molecule has 1 amide bonds. The Kier molecular flexibility index (Phi) is 8.91. The van der Waals surface area contributed by atoms with Crippen LogP contribution in [0, 0.1) is 6.92 Å². The number of likely N-dealkylation sites (tertiary alicyclic amines) is 1. The Bertz CT molecular complexity index is 1060. The number of ether oxygens (including phenoxy) is 1. The van der Waals surface area contributed by atoms with E-state index in [9.17, 15) is 14.7 Å². The summed E-state index contributed by atoms with van der Waals surface area (Å²) >= 11 is 3.45. The lowest BCUT2D eigenvalue weighted by atomic mass is 9.95. The Morgan fingerprint density at radius 3 is 2.35 bits per heavy atom. The van der Waals surface area contributed by atoms with E-state index in [0.29, 0.717) is 25.3 Å². The molecular weight excluding hydrogens is 496 g/mol. The SMILES string of the molecule is CCCOc1ccc(C(O)=C2C(=O)C(=O)N(CCN(CC)CC)[C@H]2c2ccc(Br)cc2)cc1C. The van der Waals surface area contributed by atoms with Gasteiger partial charge in [0.1, 0.15) is 11.5 Å². The normalized spacial score (nSPS) is 17.6. The lowest BCUT2D eigenvalue weighted by molar-refractivity contribution is -0.140. The minimum atomic E-state index is -0.658. The van der Waals surface area contributed by atoms with Gasteiger partial charge in [-0.1, -0.05) is 48.8 Å². The molecule has 2 aromatic rings. The van der Waals surface area contributed by atoms with Crippen LogP contribution in [0.25, 0.3) is 5.76 Å². The van der Waals surface area contributed by atoms with Crippen LogP contribution in [-0.2, 0) is 9.59 Å². The van der Waals surface area contributed by atoms with E-state index in [1.807, 2.05) is 38.1 Å². The zero-order valence-corrected chi connectivity index (χ0v) is 21.9. The van der Waals surface area contributed by atoms with Crippen LogP contribution in [0.5, 0.6) is 5.75 Å². The third-order valence-electron chi connectivity index (χ3n) is 6.19. The average molecular weight is 529 g/mol. The molecule has 0 aromatic heterocycles. The first kappa shape index (κ1) is 26.0. The highest BCUT2D eigenvalue weighted by atomic mass is 79.9. The quantitative estimate of drug-likeness (QED) is 0.257. The second-order valence-electron chi connectivity index (χ2n) is 8.40. The number of nitrogens with zero attached hydrogens (tertiary/aromatic N) is 2. The number of aliphatic hydroxyl groups excluding tert-OH is 1. The van der Waals surface area contributed by atoms with Gasteiger partial charge in [-0.05, 0) is 67.9 Å². The second kappa shape index (κ2) is 11.7. The molecule has 2 aromatic carbocycles. The van der Waals surface area contributed by atoms with Gasteiger partial charge in [0.15, 0.2) is 0 Å². The molecule has 0 radical (unpaired) electrons. The maximum absolute atomic E-state index is 13.2. The van der Waals surface area contributed by atoms with Gasteiger partial charge < -0.3 is 19.6 Å². The predicted molar refractivity (Wildman–Crippen MR) is 138 cm³/mol. The summed E-state index contributed by atoms with van der Waals surface area (Å²) in [5.74, 6) is -0.667. The Labute approximate surface area is 210 Å². The molecule has 182 valence electrons. The topological polar surface area (TPSA) is 70.1 Å². The highest BCUT2D eigenvalue weighted by molar-refractivity contribution is 9.10. The van der Waals surface area contributed by atoms with E-state index >= 15 is 0 Å². The lowest BCUT2D eigenvalue weighted by Crippen LogP contribution is -2.38. The number of likely N-dealkylation sites (N-methyl/N-ethyl adjacent to an activating group) is 1. The number of carbonyl (C=O) groups excluding carboxylic acids is 2. The number of halogens is 1. The van der Waals surface area contributed by atoms with Crippen molar-refractivity contribution in [3.8, 4) is 5.75 Å². The standard InChI is InChI=1S/C27H33BrN2O4/c1-5-16-34-22-13-10-20(17-18(22)4)25(31)23-24(19-8-11-21(28)12-9-19)30(27(33)26(23)32)15-14-29(6-2)7-3/h8-13,17,24,31H,5-7,14-16H2,1-4H3/t24-/m0/s1. The first-order chi connectivity index (χ1) is 16.3. The van der Waals surface area contributed by atoms with Gasteiger partial charge in [0.25, 0.3) is 11.7 Å². The number of ketones is 1. The van der Waals surface area contributed by atoms with Crippen molar-refractivity contribution in [2.75, 3.05) is 32.8 Å². The van der Waals surface area contributed by atoms with Gasteiger partial charge in [-0.3, -0.25) is 9.59 Å². The van der Waals surface area contributed by atoms with Gasteiger partial charge in [0.05, 0.1) is 18.2 Å². The van der Waals surface area contributed by atoms with Crippen molar-refractivity contribution in [3.63, 3.8) is 0 Å². The van der Waals surface area contributed by atoms with Gasteiger partial charge in [-0.2, -0.15) is 0 Å². The van der Waals surface area contributed by atoms with Crippen molar-refractivity contribution in [1.29, 1.82) is 0 Å². The minimum absolute atomic E-state index is 0.119. The molecule has 0 unspecified atom stereocenters. The fourth-order valence-corrected chi connectivity index (χ4v) is 4.48. The van der Waals surface area contributed by atoms with Crippen molar-refractivity contribution in [2.24, 2.45) is 0 Å². The van der Waals surface area contributed by atoms with E-state index in [-0.39, 0.29) is 11.3 Å². The number of amides is 1. The maximum atomic E-state index is 13.2. The molecule has 6 nitrogen and oxygen atoms in total. The Hall–Kier alpha value is -2.64. The van der Waals surface area contributed by atoms with E-state index in [1.54, 1.807) is 23.1 Å². The summed E-state index contributed by atoms with van der Waals surface area (Å²) in [7, 11) is 0. The molecule has 1 aliphatic rings. The van der Waals surface area contributed by atoms with Crippen molar-refractivity contribution in [3.05, 3.63) is 69.2 Å². The first-order valence-electron chi connectivity index (χ1n) is 11.8. The summed E-state index contributed by atoms with van der Waals surface area (Å²) in [6.45, 7) is 11.4. The molecule has 1 saturated heterocycles. The number of carbonyl (C=O) groups is 2. The molecule has 0 saturated carbocycles. The highest BCUT2D eigenvalue weighted by Gasteiger charge is 2.46. The van der Waals surface area contributed by atoms with Crippen molar-refractivity contribution >= 4 is 33.4 Å². The summed E-state index contributed by atoms with van der Waals surface area (Å²) in [5, 5.41) is 11.3. The average Bonchev–Trinajstić information content (AvgIpc) is 3.09. The highest BCUT2D eigenvalue weighted by Crippen LogP contribution is 2.40. The van der Waals surface area contributed by atoms with Crippen molar-refractivity contribution < 1.29 is 19.4 Å². The maximum Gasteiger partial charge on any atom is 0.295 e. The van der Waals surface area contributed by atoms with E-state index in [4.69, 9.17) is 4.74 Å². The predicted octanol–water partition coefficient (Wildman–Crippen LogP) is 5.31. The molecule has 34 heavy (non-hydrogen) atoms. The van der Waals surface area contributed by atoms with E-state index in [0.717, 1.165) is 40.9 Å². The number of aryl methyl sites for hydroxylation is 1. The van der Waals surface area contributed by atoms with Crippen molar-refractivity contribution in [1.82, 2.24) is 9.80 Å². The smallest absolute Gasteiger partial charge is 0.295 e. The third kappa shape index (κ3) is 5.53. The molecule has 0 spiro atoms. The number of hydrogen-bond donors (Lipinski definition) is 1. The monoisotopic (exact) mass is 528 g/mol. The first-order valence-corrected chi connectivity index (χ1v) is 12.6. The molecular formula is C27H33BrN2O4. The summed E-state index contributed by atoms with van der Waals surface area (Å²) in [6, 6.07) is 12.2. The number of Topliss-reactive ketones (excluding diaryl/α,β-unsaturated/α-hetero) is 1. The van der Waals surface area contributed by atoms with Gasteiger partial charge in [-0.25, -0.2) is 0 Å². The van der Waals surface area contributed by atoms with Crippen LogP contribution >= 0.6 is 15.9 Å². The fourth-order valence-electron chi connectivity index (χ4n) is 4.22. The van der Waals surface area contributed by atoms with Crippen LogP contribution in [0.15, 0.2) is 52.5 Å². The second-order valence-corrected chi connectivity index (χ2v) is 9.32. The molecule has 1 N–H and O–H groups in total. The lowest BCUT2D eigenvalue weighted by Gasteiger charge is -2.28. The Morgan fingerprint density at radius 2 is 1.76 bits per heavy atom. The number of aliphatic hydroxyl groups is 1. The molecule has 7 heteroatoms. The zero-order valence-electron chi connectivity index (χ0n) is 20.3. The van der Waals surface area contributed by atoms with Crippen LogP contribution in [0.2, 0.25) is 0 Å². The minimum Gasteiger partial charge on any atom is -0.507 e. The van der Waals surface area contributed by atoms with E-state index in [1.165, 1.54) is 0 Å². The Morgan fingerprint density at radius 1 is 1.09 bits per heavy atom. The number of benzene rings is 2. The molecule has 1 heterocycles. The zero-order chi connectivity index (χ0) is 24.8. The number of rotatable bonds is 10. The van der Waals surface area contributed by atoms with Crippen LogP contribution in [0.3, 0.4) is 0 Å². The van der Waals surface area contributed by atoms with E-state index in [2.05, 4.69) is 34.7 Å². The molecule has 3 rings (SSSR count). The Balaban J connectivity index is 2.06. The number of hydrogen-bond acceptors (Lipinski definition) is 5. The largest absolute Gasteiger partial charge is 0.507 e. The summed E-state index contributed by atoms with van der Waals surface area (Å²) in [6.07, 6.45) is 0.894. The van der Waals surface area contributed by atoms with Gasteiger partial charge >= 0.3 is 0 Å². The van der Waals surface area contributed by atoms with E-state index < -0.39 is 17.7 Å². The summed E-state index contributed by atoms with van der Waals surface area (Å²) < 4.78 is 6.64.